The number of hydrogen-bond donors (Lipinski definition) is 1. The van der Waals surface area contributed by atoms with Gasteiger partial charge in [-0.3, -0.25) is 0 Å². The molecule has 3 nitrogen and oxygen atoms in total. The molecule has 124 valence electrons. The monoisotopic (exact) mass is 305 g/mol. The average molecular weight is 305 g/mol. The van der Waals surface area contributed by atoms with Crippen LogP contribution in [-0.2, 0) is 6.54 Å². The topological polar surface area (TPSA) is 30.5 Å². The lowest BCUT2D eigenvalue weighted by Gasteiger charge is -2.37. The predicted octanol–water partition coefficient (Wildman–Crippen LogP) is 4.40. The summed E-state index contributed by atoms with van der Waals surface area (Å²) in [5, 5.41) is 3.70. The molecule has 0 bridgehead atoms. The summed E-state index contributed by atoms with van der Waals surface area (Å²) in [5.41, 5.74) is 1.67. The highest BCUT2D eigenvalue weighted by Gasteiger charge is 2.29. The summed E-state index contributed by atoms with van der Waals surface area (Å²) in [6, 6.07) is 6.71. The molecule has 0 heterocycles. The van der Waals surface area contributed by atoms with Gasteiger partial charge in [0.25, 0.3) is 0 Å². The van der Waals surface area contributed by atoms with E-state index in [0.717, 1.165) is 24.0 Å². The second-order valence-electron chi connectivity index (χ2n) is 7.52. The SMILES string of the molecule is COc1cc(CNC2CCC(C(C)(C)C)CC2)cc(OC)c1. The molecule has 0 aliphatic heterocycles. The van der Waals surface area contributed by atoms with Gasteiger partial charge in [-0.05, 0) is 54.7 Å². The van der Waals surface area contributed by atoms with Crippen molar-refractivity contribution in [2.24, 2.45) is 11.3 Å². The summed E-state index contributed by atoms with van der Waals surface area (Å²) < 4.78 is 10.7. The molecule has 0 spiro atoms. The van der Waals surface area contributed by atoms with E-state index in [1.807, 2.05) is 6.07 Å². The summed E-state index contributed by atoms with van der Waals surface area (Å²) in [6.45, 7) is 7.98. The summed E-state index contributed by atoms with van der Waals surface area (Å²) in [5.74, 6) is 2.57. The Labute approximate surface area is 135 Å². The van der Waals surface area contributed by atoms with Gasteiger partial charge in [-0.1, -0.05) is 20.8 Å². The lowest BCUT2D eigenvalue weighted by molar-refractivity contribution is 0.160. The van der Waals surface area contributed by atoms with Crippen LogP contribution < -0.4 is 14.8 Å². The average Bonchev–Trinajstić information content (AvgIpc) is 2.52. The fourth-order valence-electron chi connectivity index (χ4n) is 3.39. The number of methoxy groups -OCH3 is 2. The molecule has 3 heteroatoms. The Kier molecular flexibility index (Phi) is 5.74. The van der Waals surface area contributed by atoms with Crippen LogP contribution in [0, 0.1) is 11.3 Å². The molecule has 22 heavy (non-hydrogen) atoms. The van der Waals surface area contributed by atoms with Gasteiger partial charge in [-0.15, -0.1) is 0 Å². The molecule has 1 aliphatic rings. The molecule has 0 unspecified atom stereocenters. The highest BCUT2D eigenvalue weighted by atomic mass is 16.5. The van der Waals surface area contributed by atoms with Gasteiger partial charge < -0.3 is 14.8 Å². The standard InChI is InChI=1S/C19H31NO2/c1-19(2,3)15-6-8-16(9-7-15)20-13-14-10-17(21-4)12-18(11-14)22-5/h10-12,15-16,20H,6-9,13H2,1-5H3. The Bertz CT molecular complexity index is 449. The smallest absolute Gasteiger partial charge is 0.122 e. The van der Waals surface area contributed by atoms with Crippen molar-refractivity contribution in [1.29, 1.82) is 0 Å². The largest absolute Gasteiger partial charge is 0.497 e. The van der Waals surface area contributed by atoms with Crippen molar-refractivity contribution in [2.45, 2.75) is 59.0 Å². The maximum Gasteiger partial charge on any atom is 0.122 e. The number of benzene rings is 1. The maximum absolute atomic E-state index is 5.33. The quantitative estimate of drug-likeness (QED) is 0.874. The molecule has 0 atom stereocenters. The lowest BCUT2D eigenvalue weighted by atomic mass is 9.71. The molecule has 1 saturated carbocycles. The first-order valence-corrected chi connectivity index (χ1v) is 8.37. The molecule has 1 fully saturated rings. The van der Waals surface area contributed by atoms with E-state index in [1.54, 1.807) is 14.2 Å². The van der Waals surface area contributed by atoms with E-state index in [4.69, 9.17) is 9.47 Å². The van der Waals surface area contributed by atoms with Crippen LogP contribution >= 0.6 is 0 Å². The summed E-state index contributed by atoms with van der Waals surface area (Å²) >= 11 is 0. The fourth-order valence-corrected chi connectivity index (χ4v) is 3.39. The van der Waals surface area contributed by atoms with Gasteiger partial charge in [0.05, 0.1) is 14.2 Å². The zero-order valence-corrected chi connectivity index (χ0v) is 14.7. The summed E-state index contributed by atoms with van der Waals surface area (Å²) in [7, 11) is 3.39. The van der Waals surface area contributed by atoms with Crippen molar-refractivity contribution in [3.05, 3.63) is 23.8 Å². The molecule has 1 aromatic rings. The molecule has 2 rings (SSSR count). The van der Waals surface area contributed by atoms with Crippen molar-refractivity contribution in [1.82, 2.24) is 5.32 Å². The maximum atomic E-state index is 5.33. The van der Waals surface area contributed by atoms with Gasteiger partial charge >= 0.3 is 0 Å². The molecule has 1 N–H and O–H groups in total. The highest BCUT2D eigenvalue weighted by molar-refractivity contribution is 5.38. The van der Waals surface area contributed by atoms with Gasteiger partial charge in [0.1, 0.15) is 11.5 Å². The zero-order valence-electron chi connectivity index (χ0n) is 14.7. The molecule has 0 aromatic heterocycles. The van der Waals surface area contributed by atoms with Crippen LogP contribution in [0.3, 0.4) is 0 Å². The second kappa shape index (κ2) is 7.36. The summed E-state index contributed by atoms with van der Waals surface area (Å²) in [4.78, 5) is 0. The van der Waals surface area contributed by atoms with Crippen molar-refractivity contribution in [3.63, 3.8) is 0 Å². The first-order chi connectivity index (χ1) is 10.4. The van der Waals surface area contributed by atoms with Crippen molar-refractivity contribution >= 4 is 0 Å². The Morgan fingerprint density at radius 2 is 1.50 bits per heavy atom. The third-order valence-corrected chi connectivity index (χ3v) is 4.96. The van der Waals surface area contributed by atoms with Crippen molar-refractivity contribution in [3.8, 4) is 11.5 Å². The van der Waals surface area contributed by atoms with Crippen LogP contribution in [0.15, 0.2) is 18.2 Å². The van der Waals surface area contributed by atoms with E-state index < -0.39 is 0 Å². The highest BCUT2D eigenvalue weighted by Crippen LogP contribution is 2.37. The van der Waals surface area contributed by atoms with Crippen LogP contribution in [0.25, 0.3) is 0 Å². The van der Waals surface area contributed by atoms with Gasteiger partial charge in [0, 0.05) is 18.7 Å². The Balaban J connectivity index is 1.86. The normalized spacial score (nSPS) is 22.4. The van der Waals surface area contributed by atoms with Gasteiger partial charge in [-0.25, -0.2) is 0 Å². The molecule has 0 radical (unpaired) electrons. The van der Waals surface area contributed by atoms with Gasteiger partial charge in [0.2, 0.25) is 0 Å². The van der Waals surface area contributed by atoms with Crippen LogP contribution in [-0.4, -0.2) is 20.3 Å². The van der Waals surface area contributed by atoms with Crippen LogP contribution in [0.2, 0.25) is 0 Å². The van der Waals surface area contributed by atoms with Crippen molar-refractivity contribution < 1.29 is 9.47 Å². The van der Waals surface area contributed by atoms with Crippen LogP contribution in [0.5, 0.6) is 11.5 Å². The fraction of sp³-hybridized carbons (Fsp3) is 0.684. The third-order valence-electron chi connectivity index (χ3n) is 4.96. The Hall–Kier alpha value is -1.22. The Morgan fingerprint density at radius 3 is 1.95 bits per heavy atom. The number of rotatable bonds is 5. The number of nitrogens with one attached hydrogen (secondary N) is 1. The zero-order chi connectivity index (χ0) is 16.2. The van der Waals surface area contributed by atoms with E-state index in [0.29, 0.717) is 11.5 Å². The van der Waals surface area contributed by atoms with E-state index in [2.05, 4.69) is 38.2 Å². The first kappa shape index (κ1) is 17.1. The van der Waals surface area contributed by atoms with E-state index in [9.17, 15) is 0 Å². The number of hydrogen-bond acceptors (Lipinski definition) is 3. The minimum Gasteiger partial charge on any atom is -0.497 e. The Morgan fingerprint density at radius 1 is 0.955 bits per heavy atom. The van der Waals surface area contributed by atoms with E-state index in [-0.39, 0.29) is 0 Å². The molecule has 0 saturated heterocycles. The molecular weight excluding hydrogens is 274 g/mol. The number of ether oxygens (including phenoxy) is 2. The van der Waals surface area contributed by atoms with Gasteiger partial charge in [0.15, 0.2) is 0 Å². The molecule has 0 amide bonds. The van der Waals surface area contributed by atoms with E-state index in [1.165, 1.54) is 31.2 Å². The van der Waals surface area contributed by atoms with E-state index >= 15 is 0 Å². The minimum atomic E-state index is 0.450. The molecule has 1 aromatic carbocycles. The van der Waals surface area contributed by atoms with Gasteiger partial charge in [-0.2, -0.15) is 0 Å². The van der Waals surface area contributed by atoms with Crippen molar-refractivity contribution in [2.75, 3.05) is 14.2 Å². The predicted molar refractivity (Wildman–Crippen MR) is 91.6 cm³/mol. The molecule has 1 aliphatic carbocycles. The third kappa shape index (κ3) is 4.64. The molecular formula is C19H31NO2. The first-order valence-electron chi connectivity index (χ1n) is 8.37. The minimum absolute atomic E-state index is 0.450. The lowest BCUT2D eigenvalue weighted by Crippen LogP contribution is -2.35. The van der Waals surface area contributed by atoms with Crippen LogP contribution in [0.1, 0.15) is 52.0 Å². The second-order valence-corrected chi connectivity index (χ2v) is 7.52. The van der Waals surface area contributed by atoms with Crippen LogP contribution in [0.4, 0.5) is 0 Å². The summed E-state index contributed by atoms with van der Waals surface area (Å²) in [6.07, 6.45) is 5.23.